The molecule has 1 amide bonds. The number of aromatic nitrogens is 2. The second-order valence-electron chi connectivity index (χ2n) is 7.47. The molecule has 166 valence electrons. The van der Waals surface area contributed by atoms with Gasteiger partial charge < -0.3 is 5.32 Å². The van der Waals surface area contributed by atoms with E-state index in [4.69, 9.17) is 4.98 Å². The molecule has 0 saturated heterocycles. The highest BCUT2D eigenvalue weighted by atomic mass is 32.2. The van der Waals surface area contributed by atoms with E-state index >= 15 is 0 Å². The zero-order chi connectivity index (χ0) is 23.4. The molecule has 0 aliphatic carbocycles. The number of anilines is 1. The minimum Gasteiger partial charge on any atom is -0.325 e. The lowest BCUT2D eigenvalue weighted by atomic mass is 10.1. The summed E-state index contributed by atoms with van der Waals surface area (Å²) in [5.74, 6) is -0.378. The maximum Gasteiger partial charge on any atom is 0.266 e. The van der Waals surface area contributed by atoms with Crippen molar-refractivity contribution in [2.24, 2.45) is 0 Å². The molecule has 33 heavy (non-hydrogen) atoms. The third-order valence-corrected chi connectivity index (χ3v) is 6.21. The monoisotopic (exact) mass is 457 g/mol. The first-order chi connectivity index (χ1) is 16.0. The van der Waals surface area contributed by atoms with Crippen LogP contribution in [0, 0.1) is 0 Å². The highest BCUT2D eigenvalue weighted by molar-refractivity contribution is 7.99. The molecule has 0 saturated carbocycles. The highest BCUT2D eigenvalue weighted by Gasteiger charge is 2.17. The number of nitrogens with one attached hydrogen (secondary N) is 1. The van der Waals surface area contributed by atoms with Crippen molar-refractivity contribution >= 4 is 40.0 Å². The van der Waals surface area contributed by atoms with Gasteiger partial charge in [0.05, 0.1) is 28.0 Å². The second-order valence-corrected chi connectivity index (χ2v) is 8.42. The van der Waals surface area contributed by atoms with Gasteiger partial charge in [0, 0.05) is 5.56 Å². The summed E-state index contributed by atoms with van der Waals surface area (Å²) < 4.78 is 1.59. The number of fused-ring (bicyclic) bond motifs is 1. The van der Waals surface area contributed by atoms with Crippen LogP contribution in [-0.4, -0.2) is 27.0 Å². The third kappa shape index (κ3) is 4.73. The molecule has 0 aliphatic rings. The van der Waals surface area contributed by atoms with Crippen LogP contribution in [0.25, 0.3) is 16.6 Å². The first-order valence-electron chi connectivity index (χ1n) is 10.6. The Morgan fingerprint density at radius 3 is 2.45 bits per heavy atom. The second kappa shape index (κ2) is 9.83. The van der Waals surface area contributed by atoms with Gasteiger partial charge in [-0.05, 0) is 49.2 Å². The number of carbonyl (C=O) groups is 2. The predicted molar refractivity (Wildman–Crippen MR) is 133 cm³/mol. The van der Waals surface area contributed by atoms with Gasteiger partial charge in [0.2, 0.25) is 5.91 Å². The Morgan fingerprint density at radius 1 is 0.970 bits per heavy atom. The van der Waals surface area contributed by atoms with Crippen LogP contribution in [0.1, 0.15) is 29.8 Å². The van der Waals surface area contributed by atoms with E-state index in [2.05, 4.69) is 5.32 Å². The van der Waals surface area contributed by atoms with Gasteiger partial charge in [-0.15, -0.1) is 0 Å². The van der Waals surface area contributed by atoms with Crippen molar-refractivity contribution < 1.29 is 9.59 Å². The summed E-state index contributed by atoms with van der Waals surface area (Å²) in [6.45, 7) is 3.49. The number of ketones is 1. The number of carbonyl (C=O) groups excluding carboxylic acids is 2. The smallest absolute Gasteiger partial charge is 0.266 e. The lowest BCUT2D eigenvalue weighted by Gasteiger charge is -2.16. The van der Waals surface area contributed by atoms with E-state index in [0.29, 0.717) is 27.3 Å². The number of hydrogen-bond donors (Lipinski definition) is 1. The lowest BCUT2D eigenvalue weighted by molar-refractivity contribution is -0.113. The van der Waals surface area contributed by atoms with Crippen molar-refractivity contribution in [1.29, 1.82) is 0 Å². The Labute approximate surface area is 195 Å². The first-order valence-corrected chi connectivity index (χ1v) is 11.6. The molecule has 0 fully saturated rings. The van der Waals surface area contributed by atoms with Crippen molar-refractivity contribution in [2.75, 3.05) is 11.1 Å². The van der Waals surface area contributed by atoms with Crippen LogP contribution in [0.4, 0.5) is 5.69 Å². The molecular formula is C26H23N3O3S. The molecule has 1 N–H and O–H groups in total. The van der Waals surface area contributed by atoms with E-state index in [9.17, 15) is 14.4 Å². The zero-order valence-electron chi connectivity index (χ0n) is 18.4. The Balaban J connectivity index is 1.70. The van der Waals surface area contributed by atoms with Gasteiger partial charge in [0.25, 0.3) is 5.56 Å². The number of hydrogen-bond acceptors (Lipinski definition) is 5. The van der Waals surface area contributed by atoms with Crippen LogP contribution in [0.15, 0.2) is 82.7 Å². The van der Waals surface area contributed by atoms with E-state index in [-0.39, 0.29) is 23.0 Å². The molecular weight excluding hydrogens is 434 g/mol. The third-order valence-electron chi connectivity index (χ3n) is 5.27. The normalized spacial score (nSPS) is 10.8. The standard InChI is InChI=1S/C26H23N3O3S/c1-3-18-10-4-9-15-23(18)29-25(32)20-12-6-8-14-22(20)28-26(29)33-16-24(31)27-21-13-7-5-11-19(21)17(2)30/h4-15H,3,16H2,1-2H3,(H,27,31). The quantitative estimate of drug-likeness (QED) is 0.243. The number of thioether (sulfide) groups is 1. The summed E-state index contributed by atoms with van der Waals surface area (Å²) in [6.07, 6.45) is 0.752. The van der Waals surface area contributed by atoms with Crippen molar-refractivity contribution in [3.8, 4) is 5.69 Å². The average Bonchev–Trinajstić information content (AvgIpc) is 2.83. The minimum absolute atomic E-state index is 0.0330. The van der Waals surface area contributed by atoms with Gasteiger partial charge in [0.15, 0.2) is 10.9 Å². The molecule has 0 spiro atoms. The van der Waals surface area contributed by atoms with Crippen LogP contribution in [0.3, 0.4) is 0 Å². The largest absolute Gasteiger partial charge is 0.325 e. The Kier molecular flexibility index (Phi) is 6.70. The van der Waals surface area contributed by atoms with Gasteiger partial charge in [-0.2, -0.15) is 0 Å². The van der Waals surface area contributed by atoms with Gasteiger partial charge in [-0.25, -0.2) is 4.98 Å². The molecule has 4 aromatic rings. The molecule has 1 aromatic heterocycles. The fourth-order valence-electron chi connectivity index (χ4n) is 3.67. The predicted octanol–water partition coefficient (Wildman–Crippen LogP) is 4.88. The number of benzene rings is 3. The van der Waals surface area contributed by atoms with E-state index in [1.54, 1.807) is 41.0 Å². The fraction of sp³-hybridized carbons (Fsp3) is 0.154. The van der Waals surface area contributed by atoms with Crippen LogP contribution < -0.4 is 10.9 Å². The SMILES string of the molecule is CCc1ccccc1-n1c(SCC(=O)Nc2ccccc2C(C)=O)nc2ccccc2c1=O. The van der Waals surface area contributed by atoms with E-state index in [0.717, 1.165) is 17.7 Å². The van der Waals surface area contributed by atoms with Crippen molar-refractivity contribution in [3.63, 3.8) is 0 Å². The fourth-order valence-corrected chi connectivity index (χ4v) is 4.47. The number of Topliss-reactive ketones (excluding diaryl/α,β-unsaturated/α-hetero) is 1. The maximum absolute atomic E-state index is 13.4. The van der Waals surface area contributed by atoms with Crippen molar-refractivity contribution in [1.82, 2.24) is 9.55 Å². The molecule has 1 heterocycles. The minimum atomic E-state index is -0.286. The molecule has 0 unspecified atom stereocenters. The van der Waals surface area contributed by atoms with E-state index in [1.807, 2.05) is 43.3 Å². The number of rotatable bonds is 7. The maximum atomic E-state index is 13.4. The van der Waals surface area contributed by atoms with Gasteiger partial charge in [-0.1, -0.05) is 61.2 Å². The number of nitrogens with zero attached hydrogens (tertiary/aromatic N) is 2. The molecule has 7 heteroatoms. The molecule has 3 aromatic carbocycles. The zero-order valence-corrected chi connectivity index (χ0v) is 19.2. The molecule has 4 rings (SSSR count). The van der Waals surface area contributed by atoms with Crippen molar-refractivity contribution in [2.45, 2.75) is 25.4 Å². The molecule has 0 atom stereocenters. The van der Waals surface area contributed by atoms with Crippen LogP contribution in [-0.2, 0) is 11.2 Å². The first kappa shape index (κ1) is 22.5. The van der Waals surface area contributed by atoms with Gasteiger partial charge >= 0.3 is 0 Å². The Bertz CT molecular complexity index is 1410. The number of amides is 1. The summed E-state index contributed by atoms with van der Waals surface area (Å²) in [5.41, 5.74) is 3.10. The Hall–Kier alpha value is -3.71. The number of para-hydroxylation sites is 3. The van der Waals surface area contributed by atoms with E-state index < -0.39 is 0 Å². The summed E-state index contributed by atoms with van der Waals surface area (Å²) in [5, 5.41) is 3.76. The topological polar surface area (TPSA) is 81.1 Å². The number of aryl methyl sites for hydroxylation is 1. The van der Waals surface area contributed by atoms with E-state index in [1.165, 1.54) is 18.7 Å². The van der Waals surface area contributed by atoms with Crippen molar-refractivity contribution in [3.05, 3.63) is 94.3 Å². The lowest BCUT2D eigenvalue weighted by Crippen LogP contribution is -2.24. The van der Waals surface area contributed by atoms with Crippen LogP contribution >= 0.6 is 11.8 Å². The highest BCUT2D eigenvalue weighted by Crippen LogP contribution is 2.24. The molecule has 6 nitrogen and oxygen atoms in total. The summed E-state index contributed by atoms with van der Waals surface area (Å²) in [4.78, 5) is 42.7. The molecule has 0 aliphatic heterocycles. The molecule has 0 bridgehead atoms. The Morgan fingerprint density at radius 2 is 1.67 bits per heavy atom. The van der Waals surface area contributed by atoms with Crippen LogP contribution in [0.5, 0.6) is 0 Å². The molecule has 0 radical (unpaired) electrons. The van der Waals surface area contributed by atoms with Gasteiger partial charge in [0.1, 0.15) is 0 Å². The summed E-state index contributed by atoms with van der Waals surface area (Å²) in [7, 11) is 0. The van der Waals surface area contributed by atoms with Gasteiger partial charge in [-0.3, -0.25) is 19.0 Å². The van der Waals surface area contributed by atoms with Crippen LogP contribution in [0.2, 0.25) is 0 Å². The summed E-state index contributed by atoms with van der Waals surface area (Å²) >= 11 is 1.19. The summed E-state index contributed by atoms with van der Waals surface area (Å²) in [6, 6.07) is 21.8. The average molecular weight is 458 g/mol.